The van der Waals surface area contributed by atoms with Crippen molar-refractivity contribution >= 4 is 5.78 Å². The number of imidazole rings is 1. The van der Waals surface area contributed by atoms with Crippen LogP contribution in [-0.4, -0.2) is 14.9 Å². The molecule has 1 aromatic rings. The molecule has 1 atom stereocenters. The number of aryl methyl sites for hydroxylation is 2. The van der Waals surface area contributed by atoms with Gasteiger partial charge in [-0.2, -0.15) is 0 Å². The van der Waals surface area contributed by atoms with Crippen LogP contribution in [0.5, 0.6) is 0 Å². The van der Waals surface area contributed by atoms with Crippen molar-refractivity contribution < 1.29 is 4.79 Å². The second-order valence-corrected chi connectivity index (χ2v) is 4.23. The van der Waals surface area contributed by atoms with Gasteiger partial charge >= 0.3 is 5.69 Å². The highest BCUT2D eigenvalue weighted by molar-refractivity contribution is 5.82. The number of rotatable bonds is 3. The molecular formula is C11H16N2O2. The van der Waals surface area contributed by atoms with E-state index in [9.17, 15) is 9.59 Å². The van der Waals surface area contributed by atoms with Crippen molar-refractivity contribution in [3.8, 4) is 0 Å². The van der Waals surface area contributed by atoms with Gasteiger partial charge in [0.1, 0.15) is 5.78 Å². The molecule has 1 fully saturated rings. The molecule has 1 heterocycles. The number of ketones is 1. The molecule has 0 radical (unpaired) electrons. The molecule has 1 unspecified atom stereocenters. The number of hydrogen-bond acceptors (Lipinski definition) is 2. The zero-order valence-corrected chi connectivity index (χ0v) is 8.98. The first-order valence-electron chi connectivity index (χ1n) is 5.43. The maximum absolute atomic E-state index is 11.5. The monoisotopic (exact) mass is 208 g/mol. The Morgan fingerprint density at radius 2 is 2.20 bits per heavy atom. The molecule has 1 aliphatic carbocycles. The highest BCUT2D eigenvalue weighted by atomic mass is 16.1. The van der Waals surface area contributed by atoms with Gasteiger partial charge in [0.25, 0.3) is 0 Å². The van der Waals surface area contributed by atoms with Gasteiger partial charge in [-0.1, -0.05) is 0 Å². The topological polar surface area (TPSA) is 44.0 Å². The number of carbonyl (C=O) groups is 1. The summed E-state index contributed by atoms with van der Waals surface area (Å²) in [7, 11) is 1.74. The summed E-state index contributed by atoms with van der Waals surface area (Å²) in [6.45, 7) is 0.663. The van der Waals surface area contributed by atoms with Crippen molar-refractivity contribution in [2.75, 3.05) is 0 Å². The molecule has 2 rings (SSSR count). The third-order valence-electron chi connectivity index (χ3n) is 3.17. The van der Waals surface area contributed by atoms with E-state index in [0.29, 0.717) is 12.3 Å². The first kappa shape index (κ1) is 10.2. The molecule has 0 bridgehead atoms. The van der Waals surface area contributed by atoms with Gasteiger partial charge < -0.3 is 4.57 Å². The number of carbonyl (C=O) groups excluding carboxylic acids is 1. The lowest BCUT2D eigenvalue weighted by atomic mass is 10.0. The Balaban J connectivity index is 1.96. The Hall–Kier alpha value is -1.32. The van der Waals surface area contributed by atoms with E-state index in [1.54, 1.807) is 28.6 Å². The van der Waals surface area contributed by atoms with Gasteiger partial charge in [0.05, 0.1) is 0 Å². The number of aromatic nitrogens is 2. The van der Waals surface area contributed by atoms with Crippen LogP contribution in [0.4, 0.5) is 0 Å². The predicted octanol–water partition coefficient (Wildman–Crippen LogP) is 0.946. The Morgan fingerprint density at radius 1 is 1.40 bits per heavy atom. The van der Waals surface area contributed by atoms with Gasteiger partial charge in [-0.25, -0.2) is 4.79 Å². The van der Waals surface area contributed by atoms with E-state index < -0.39 is 0 Å². The molecule has 4 heteroatoms. The molecule has 4 nitrogen and oxygen atoms in total. The van der Waals surface area contributed by atoms with Gasteiger partial charge in [0.15, 0.2) is 0 Å². The fraction of sp³-hybridized carbons (Fsp3) is 0.636. The highest BCUT2D eigenvalue weighted by Crippen LogP contribution is 2.24. The molecule has 0 aliphatic heterocycles. The van der Waals surface area contributed by atoms with E-state index in [2.05, 4.69) is 0 Å². The molecule has 0 saturated heterocycles. The molecule has 15 heavy (non-hydrogen) atoms. The minimum Gasteiger partial charge on any atom is -0.302 e. The normalized spacial score (nSPS) is 21.1. The number of Topliss-reactive ketones (excluding diaryl/α,β-unsaturated/α-hetero) is 1. The quantitative estimate of drug-likeness (QED) is 0.742. The van der Waals surface area contributed by atoms with Crippen LogP contribution in [0.1, 0.15) is 25.7 Å². The van der Waals surface area contributed by atoms with Gasteiger partial charge in [0.2, 0.25) is 0 Å². The van der Waals surface area contributed by atoms with Crippen LogP contribution >= 0.6 is 0 Å². The van der Waals surface area contributed by atoms with E-state index in [4.69, 9.17) is 0 Å². The Morgan fingerprint density at radius 3 is 2.73 bits per heavy atom. The maximum atomic E-state index is 11.5. The van der Waals surface area contributed by atoms with Crippen molar-refractivity contribution in [2.45, 2.75) is 32.2 Å². The third-order valence-corrected chi connectivity index (χ3v) is 3.17. The van der Waals surface area contributed by atoms with Gasteiger partial charge in [-0.15, -0.1) is 0 Å². The molecule has 82 valence electrons. The summed E-state index contributed by atoms with van der Waals surface area (Å²) in [5.74, 6) is 0.566. The van der Waals surface area contributed by atoms with Crippen LogP contribution in [0.15, 0.2) is 17.2 Å². The van der Waals surface area contributed by atoms with Gasteiger partial charge in [0, 0.05) is 38.3 Å². The Labute approximate surface area is 88.5 Å². The van der Waals surface area contributed by atoms with Gasteiger partial charge in [-0.3, -0.25) is 9.36 Å². The van der Waals surface area contributed by atoms with Gasteiger partial charge in [-0.05, 0) is 19.3 Å². The average molecular weight is 208 g/mol. The average Bonchev–Trinajstić information content (AvgIpc) is 2.74. The Kier molecular flexibility index (Phi) is 2.75. The zero-order valence-electron chi connectivity index (χ0n) is 8.98. The molecule has 0 spiro atoms. The van der Waals surface area contributed by atoms with E-state index in [-0.39, 0.29) is 11.6 Å². The second-order valence-electron chi connectivity index (χ2n) is 4.23. The summed E-state index contributed by atoms with van der Waals surface area (Å²) in [4.78, 5) is 22.9. The fourth-order valence-corrected chi connectivity index (χ4v) is 2.17. The van der Waals surface area contributed by atoms with Crippen molar-refractivity contribution in [1.29, 1.82) is 0 Å². The van der Waals surface area contributed by atoms with E-state index >= 15 is 0 Å². The van der Waals surface area contributed by atoms with Crippen molar-refractivity contribution in [3.63, 3.8) is 0 Å². The molecule has 1 aliphatic rings. The minimum atomic E-state index is 0.000413. The molecule has 1 saturated carbocycles. The third kappa shape index (κ3) is 2.03. The lowest BCUT2D eigenvalue weighted by Crippen LogP contribution is -2.23. The molecule has 0 amide bonds. The van der Waals surface area contributed by atoms with Crippen LogP contribution in [-0.2, 0) is 18.4 Å². The highest BCUT2D eigenvalue weighted by Gasteiger charge is 2.23. The molecular weight excluding hydrogens is 192 g/mol. The van der Waals surface area contributed by atoms with E-state index in [1.165, 1.54) is 0 Å². The van der Waals surface area contributed by atoms with Crippen LogP contribution in [0.3, 0.4) is 0 Å². The van der Waals surface area contributed by atoms with Crippen molar-refractivity contribution in [2.24, 2.45) is 13.0 Å². The van der Waals surface area contributed by atoms with Crippen molar-refractivity contribution in [1.82, 2.24) is 9.13 Å². The fourth-order valence-electron chi connectivity index (χ4n) is 2.17. The lowest BCUT2D eigenvalue weighted by molar-refractivity contribution is -0.120. The standard InChI is InChI=1S/C11H16N2O2/c1-12-7-8-13(11(12)15)6-5-9-3-2-4-10(9)14/h7-9H,2-6H2,1H3. The molecule has 0 aromatic carbocycles. The predicted molar refractivity (Wildman–Crippen MR) is 56.6 cm³/mol. The van der Waals surface area contributed by atoms with Crippen LogP contribution < -0.4 is 5.69 Å². The largest absolute Gasteiger partial charge is 0.327 e. The maximum Gasteiger partial charge on any atom is 0.327 e. The summed E-state index contributed by atoms with van der Waals surface area (Å²) in [6.07, 6.45) is 7.09. The molecule has 1 aromatic heterocycles. The summed E-state index contributed by atoms with van der Waals surface area (Å²) in [5.41, 5.74) is 0.000413. The second kappa shape index (κ2) is 4.04. The molecule has 0 N–H and O–H groups in total. The van der Waals surface area contributed by atoms with Crippen LogP contribution in [0, 0.1) is 5.92 Å². The number of nitrogens with zero attached hydrogens (tertiary/aromatic N) is 2. The first-order valence-corrected chi connectivity index (χ1v) is 5.43. The van der Waals surface area contributed by atoms with Crippen LogP contribution in [0.2, 0.25) is 0 Å². The summed E-state index contributed by atoms with van der Waals surface area (Å²) in [6, 6.07) is 0. The minimum absolute atomic E-state index is 0.000413. The number of hydrogen-bond donors (Lipinski definition) is 0. The first-order chi connectivity index (χ1) is 7.18. The Bertz CT molecular complexity index is 416. The van der Waals surface area contributed by atoms with E-state index in [1.807, 2.05) is 0 Å². The SMILES string of the molecule is Cn1ccn(CCC2CCCC2=O)c1=O. The van der Waals surface area contributed by atoms with Crippen molar-refractivity contribution in [3.05, 3.63) is 22.9 Å². The summed E-state index contributed by atoms with van der Waals surface area (Å²) < 4.78 is 3.22. The van der Waals surface area contributed by atoms with E-state index in [0.717, 1.165) is 25.7 Å². The smallest absolute Gasteiger partial charge is 0.302 e. The van der Waals surface area contributed by atoms with Crippen LogP contribution in [0.25, 0.3) is 0 Å². The summed E-state index contributed by atoms with van der Waals surface area (Å²) in [5, 5.41) is 0. The lowest BCUT2D eigenvalue weighted by Gasteiger charge is -2.07. The zero-order chi connectivity index (χ0) is 10.8. The summed E-state index contributed by atoms with van der Waals surface area (Å²) >= 11 is 0.